The van der Waals surface area contributed by atoms with Crippen LogP contribution in [0.5, 0.6) is 0 Å². The fourth-order valence-corrected chi connectivity index (χ4v) is 5.53. The molecule has 0 unspecified atom stereocenters. The third-order valence-corrected chi connectivity index (χ3v) is 7.59. The molecule has 0 saturated carbocycles. The minimum absolute atomic E-state index is 0.110. The summed E-state index contributed by atoms with van der Waals surface area (Å²) in [5.41, 5.74) is 12.6. The Kier molecular flexibility index (Phi) is 8.67. The van der Waals surface area contributed by atoms with E-state index in [9.17, 15) is 14.4 Å². The van der Waals surface area contributed by atoms with Gasteiger partial charge in [0.25, 0.3) is 0 Å². The zero-order valence-electron chi connectivity index (χ0n) is 23.7. The Labute approximate surface area is 246 Å². The largest absolute Gasteiger partial charge is 0.449 e. The maximum Gasteiger partial charge on any atom is 0.408 e. The molecule has 4 aromatic carbocycles. The number of primary amides is 1. The van der Waals surface area contributed by atoms with Crippen LogP contribution in [0.25, 0.3) is 22.3 Å². The molecule has 0 heterocycles. The Morgan fingerprint density at radius 3 is 1.86 bits per heavy atom. The number of benzene rings is 4. The van der Waals surface area contributed by atoms with Crippen LogP contribution < -0.4 is 16.4 Å². The van der Waals surface area contributed by atoms with Gasteiger partial charge in [0, 0.05) is 5.92 Å². The molecular formula is C35H35N3O4. The van der Waals surface area contributed by atoms with Gasteiger partial charge in [-0.1, -0.05) is 117 Å². The highest BCUT2D eigenvalue weighted by Crippen LogP contribution is 2.44. The molecule has 0 spiro atoms. The van der Waals surface area contributed by atoms with Crippen LogP contribution in [0.1, 0.15) is 48.9 Å². The summed E-state index contributed by atoms with van der Waals surface area (Å²) in [6.07, 6.45) is -0.352. The number of nitrogens with one attached hydrogen (secondary N) is 2. The normalized spacial score (nSPS) is 13.5. The van der Waals surface area contributed by atoms with E-state index in [-0.39, 0.29) is 18.4 Å². The molecule has 0 bridgehead atoms. The molecule has 7 nitrogen and oxygen atoms in total. The lowest BCUT2D eigenvalue weighted by Gasteiger charge is -2.23. The van der Waals surface area contributed by atoms with Crippen LogP contribution in [-0.4, -0.2) is 30.6 Å². The molecule has 2 atom stereocenters. The second kappa shape index (κ2) is 12.7. The molecular weight excluding hydrogens is 526 g/mol. The van der Waals surface area contributed by atoms with Crippen molar-refractivity contribution in [2.45, 2.75) is 38.3 Å². The number of rotatable bonds is 10. The molecule has 42 heavy (non-hydrogen) atoms. The number of hydrogen-bond acceptors (Lipinski definition) is 4. The van der Waals surface area contributed by atoms with Crippen molar-refractivity contribution in [1.29, 1.82) is 0 Å². The molecule has 5 rings (SSSR count). The number of amides is 3. The first kappa shape index (κ1) is 28.6. The molecule has 214 valence electrons. The van der Waals surface area contributed by atoms with Gasteiger partial charge in [0.15, 0.2) is 0 Å². The summed E-state index contributed by atoms with van der Waals surface area (Å²) in [5, 5.41) is 5.47. The van der Waals surface area contributed by atoms with Crippen LogP contribution in [0.4, 0.5) is 4.79 Å². The minimum Gasteiger partial charge on any atom is -0.449 e. The van der Waals surface area contributed by atoms with Crippen molar-refractivity contribution in [3.8, 4) is 22.3 Å². The number of ether oxygens (including phenoxy) is 1. The van der Waals surface area contributed by atoms with Crippen molar-refractivity contribution < 1.29 is 19.1 Å². The molecule has 3 amide bonds. The lowest BCUT2D eigenvalue weighted by molar-refractivity contribution is -0.129. The molecule has 0 radical (unpaired) electrons. The number of fused-ring (bicyclic) bond motifs is 3. The van der Waals surface area contributed by atoms with Gasteiger partial charge < -0.3 is 21.1 Å². The highest BCUT2D eigenvalue weighted by Gasteiger charge is 2.31. The van der Waals surface area contributed by atoms with E-state index >= 15 is 0 Å². The van der Waals surface area contributed by atoms with Gasteiger partial charge in [-0.3, -0.25) is 9.59 Å². The lowest BCUT2D eigenvalue weighted by atomic mass is 9.98. The first-order valence-electron chi connectivity index (χ1n) is 14.2. The standard InChI is InChI=1S/C35H35N3O4/c1-22(2)20-31(33(36)39)37-34(40)32(25-18-16-24(17-19-25)23-10-4-3-5-11-23)38-35(41)42-21-30-28-14-8-6-12-26(28)27-13-7-9-15-29(27)30/h3-19,22,30-32H,20-21H2,1-2H3,(H2,36,39)(H,37,40)(H,38,41)/t31-,32-/m0/s1. The van der Waals surface area contributed by atoms with E-state index in [0.29, 0.717) is 12.0 Å². The second-order valence-electron chi connectivity index (χ2n) is 11.0. The number of nitrogens with two attached hydrogens (primary N) is 1. The third-order valence-electron chi connectivity index (χ3n) is 7.59. The highest BCUT2D eigenvalue weighted by molar-refractivity contribution is 5.91. The first-order valence-corrected chi connectivity index (χ1v) is 14.2. The second-order valence-corrected chi connectivity index (χ2v) is 11.0. The summed E-state index contributed by atoms with van der Waals surface area (Å²) in [7, 11) is 0. The predicted molar refractivity (Wildman–Crippen MR) is 163 cm³/mol. The maximum atomic E-state index is 13.5. The van der Waals surface area contributed by atoms with Crippen molar-refractivity contribution in [3.05, 3.63) is 120 Å². The van der Waals surface area contributed by atoms with Crippen LogP contribution in [0.15, 0.2) is 103 Å². The molecule has 7 heteroatoms. The summed E-state index contributed by atoms with van der Waals surface area (Å²) in [4.78, 5) is 38.8. The Balaban J connectivity index is 1.35. The monoisotopic (exact) mass is 561 g/mol. The number of carbonyl (C=O) groups is 3. The first-order chi connectivity index (χ1) is 20.3. The van der Waals surface area contributed by atoms with Gasteiger partial charge in [-0.25, -0.2) is 4.79 Å². The summed E-state index contributed by atoms with van der Waals surface area (Å²) >= 11 is 0. The Bertz CT molecular complexity index is 1520. The SMILES string of the molecule is CC(C)C[C@H](NC(=O)[C@@H](NC(=O)OCC1c2ccccc2-c2ccccc21)c1ccc(-c2ccccc2)cc1)C(N)=O. The van der Waals surface area contributed by atoms with Crippen LogP contribution >= 0.6 is 0 Å². The van der Waals surface area contributed by atoms with Gasteiger partial charge in [-0.15, -0.1) is 0 Å². The predicted octanol–water partition coefficient (Wildman–Crippen LogP) is 5.95. The van der Waals surface area contributed by atoms with Gasteiger partial charge in [-0.2, -0.15) is 0 Å². The van der Waals surface area contributed by atoms with Crippen LogP contribution in [0.3, 0.4) is 0 Å². The van der Waals surface area contributed by atoms with E-state index in [1.54, 1.807) is 12.1 Å². The maximum absolute atomic E-state index is 13.5. The van der Waals surface area contributed by atoms with Crippen LogP contribution in [0, 0.1) is 5.92 Å². The molecule has 1 aliphatic carbocycles. The zero-order chi connectivity index (χ0) is 29.6. The smallest absolute Gasteiger partial charge is 0.408 e. The summed E-state index contributed by atoms with van der Waals surface area (Å²) in [6.45, 7) is 3.99. The minimum atomic E-state index is -1.10. The Morgan fingerprint density at radius 2 is 1.29 bits per heavy atom. The van der Waals surface area contributed by atoms with Gasteiger partial charge in [-0.05, 0) is 51.3 Å². The fraction of sp³-hybridized carbons (Fsp3) is 0.229. The molecule has 0 aliphatic heterocycles. The van der Waals surface area contributed by atoms with E-state index < -0.39 is 30.0 Å². The molecule has 4 aromatic rings. The molecule has 0 aromatic heterocycles. The molecule has 0 fully saturated rings. The quantitative estimate of drug-likeness (QED) is 0.222. The van der Waals surface area contributed by atoms with E-state index in [1.807, 2.05) is 92.7 Å². The average Bonchev–Trinajstić information content (AvgIpc) is 3.32. The molecule has 1 aliphatic rings. The number of alkyl carbamates (subject to hydrolysis) is 1. The van der Waals surface area contributed by atoms with Crippen LogP contribution in [-0.2, 0) is 14.3 Å². The van der Waals surface area contributed by atoms with E-state index in [4.69, 9.17) is 10.5 Å². The van der Waals surface area contributed by atoms with Gasteiger partial charge in [0.1, 0.15) is 18.7 Å². The Hall–Kier alpha value is -4.91. The fourth-order valence-electron chi connectivity index (χ4n) is 5.53. The highest BCUT2D eigenvalue weighted by atomic mass is 16.5. The lowest BCUT2D eigenvalue weighted by Crippen LogP contribution is -2.49. The summed E-state index contributed by atoms with van der Waals surface area (Å²) in [6, 6.07) is 31.4. The third kappa shape index (κ3) is 6.36. The van der Waals surface area contributed by atoms with E-state index in [1.165, 1.54) is 0 Å². The number of hydrogen-bond donors (Lipinski definition) is 3. The van der Waals surface area contributed by atoms with Crippen molar-refractivity contribution >= 4 is 17.9 Å². The van der Waals surface area contributed by atoms with Crippen LogP contribution in [0.2, 0.25) is 0 Å². The van der Waals surface area contributed by atoms with E-state index in [0.717, 1.165) is 33.4 Å². The summed E-state index contributed by atoms with van der Waals surface area (Å²) in [5.74, 6) is -1.16. The topological polar surface area (TPSA) is 111 Å². The Morgan fingerprint density at radius 1 is 0.738 bits per heavy atom. The van der Waals surface area contributed by atoms with Gasteiger partial charge in [0.05, 0.1) is 0 Å². The van der Waals surface area contributed by atoms with Crippen molar-refractivity contribution in [1.82, 2.24) is 10.6 Å². The van der Waals surface area contributed by atoms with Crippen molar-refractivity contribution in [3.63, 3.8) is 0 Å². The molecule has 4 N–H and O–H groups in total. The van der Waals surface area contributed by atoms with E-state index in [2.05, 4.69) is 22.8 Å². The van der Waals surface area contributed by atoms with Gasteiger partial charge in [0.2, 0.25) is 11.8 Å². The summed E-state index contributed by atoms with van der Waals surface area (Å²) < 4.78 is 5.73. The average molecular weight is 562 g/mol. The van der Waals surface area contributed by atoms with Gasteiger partial charge >= 0.3 is 6.09 Å². The zero-order valence-corrected chi connectivity index (χ0v) is 23.7. The number of carbonyl (C=O) groups excluding carboxylic acids is 3. The van der Waals surface area contributed by atoms with Crippen molar-refractivity contribution in [2.75, 3.05) is 6.61 Å². The van der Waals surface area contributed by atoms with Crippen molar-refractivity contribution in [2.24, 2.45) is 11.7 Å². The molecule has 0 saturated heterocycles.